The van der Waals surface area contributed by atoms with Gasteiger partial charge in [-0.15, -0.1) is 5.10 Å². The number of tetrazole rings is 1. The molecule has 1 heterocycles. The molecule has 0 fully saturated rings. The van der Waals surface area contributed by atoms with Crippen molar-refractivity contribution in [2.75, 3.05) is 6.61 Å². The van der Waals surface area contributed by atoms with Gasteiger partial charge >= 0.3 is 5.97 Å². The van der Waals surface area contributed by atoms with E-state index in [1.165, 1.54) is 10.7 Å². The summed E-state index contributed by atoms with van der Waals surface area (Å²) < 4.78 is 19.8. The van der Waals surface area contributed by atoms with Gasteiger partial charge in [0.1, 0.15) is 5.82 Å². The Morgan fingerprint density at radius 3 is 3.05 bits per heavy atom. The van der Waals surface area contributed by atoms with Gasteiger partial charge < -0.3 is 4.74 Å². The first-order valence-corrected chi connectivity index (χ1v) is 6.29. The number of hydrogen-bond donors (Lipinski definition) is 0. The summed E-state index contributed by atoms with van der Waals surface area (Å²) in [6.07, 6.45) is 0. The predicted octanol–water partition coefficient (Wildman–Crippen LogP) is 1.80. The molecule has 6 nitrogen and oxygen atoms in total. The number of esters is 1. The maximum Gasteiger partial charge on any atom is 0.378 e. The summed E-state index contributed by atoms with van der Waals surface area (Å²) in [6, 6.07) is 4.62. The number of carbonyl (C=O) groups is 1. The molecular formula is C11H10BrFN4O2. The van der Waals surface area contributed by atoms with Crippen LogP contribution < -0.4 is 0 Å². The van der Waals surface area contributed by atoms with E-state index in [0.717, 1.165) is 0 Å². The van der Waals surface area contributed by atoms with E-state index in [1.807, 2.05) is 0 Å². The highest BCUT2D eigenvalue weighted by molar-refractivity contribution is 9.10. The van der Waals surface area contributed by atoms with E-state index in [4.69, 9.17) is 4.74 Å². The highest BCUT2D eigenvalue weighted by atomic mass is 79.9. The standard InChI is InChI=1S/C11H10BrFN4O2/c1-2-19-11(18)10-14-15-16-17(10)6-7-4-3-5-8(13)9(7)12/h3-5H,2,6H2,1H3. The first-order chi connectivity index (χ1) is 9.13. The average Bonchev–Trinajstić information content (AvgIpc) is 2.83. The van der Waals surface area contributed by atoms with Crippen LogP contribution in [0.3, 0.4) is 0 Å². The van der Waals surface area contributed by atoms with E-state index < -0.39 is 5.97 Å². The van der Waals surface area contributed by atoms with Gasteiger partial charge in [0.25, 0.3) is 5.82 Å². The third-order valence-corrected chi connectivity index (χ3v) is 3.23. The number of nitrogens with zero attached hydrogens (tertiary/aromatic N) is 4. The Bertz CT molecular complexity index is 602. The number of carbonyl (C=O) groups excluding carboxylic acids is 1. The fourth-order valence-electron chi connectivity index (χ4n) is 1.48. The topological polar surface area (TPSA) is 69.9 Å². The van der Waals surface area contributed by atoms with Gasteiger partial charge in [-0.3, -0.25) is 0 Å². The molecular weight excluding hydrogens is 319 g/mol. The molecule has 8 heteroatoms. The van der Waals surface area contributed by atoms with Crippen LogP contribution in [0.4, 0.5) is 4.39 Å². The van der Waals surface area contributed by atoms with Gasteiger partial charge in [-0.25, -0.2) is 13.9 Å². The lowest BCUT2D eigenvalue weighted by molar-refractivity contribution is 0.0505. The van der Waals surface area contributed by atoms with E-state index in [0.29, 0.717) is 10.0 Å². The normalized spacial score (nSPS) is 10.5. The third-order valence-electron chi connectivity index (χ3n) is 2.34. The van der Waals surface area contributed by atoms with E-state index in [2.05, 4.69) is 31.5 Å². The molecule has 0 aliphatic rings. The van der Waals surface area contributed by atoms with Crippen molar-refractivity contribution >= 4 is 21.9 Å². The van der Waals surface area contributed by atoms with Crippen molar-refractivity contribution in [2.24, 2.45) is 0 Å². The van der Waals surface area contributed by atoms with Crippen molar-refractivity contribution in [3.8, 4) is 0 Å². The largest absolute Gasteiger partial charge is 0.460 e. The van der Waals surface area contributed by atoms with Crippen LogP contribution >= 0.6 is 15.9 Å². The highest BCUT2D eigenvalue weighted by Crippen LogP contribution is 2.21. The smallest absolute Gasteiger partial charge is 0.378 e. The molecule has 0 atom stereocenters. The number of rotatable bonds is 4. The van der Waals surface area contributed by atoms with Crippen LogP contribution in [0, 0.1) is 5.82 Å². The number of aromatic nitrogens is 4. The number of hydrogen-bond acceptors (Lipinski definition) is 5. The zero-order valence-electron chi connectivity index (χ0n) is 10.0. The SMILES string of the molecule is CCOC(=O)c1nnnn1Cc1cccc(F)c1Br. The van der Waals surface area contributed by atoms with Gasteiger partial charge in [0.2, 0.25) is 0 Å². The number of benzene rings is 1. The van der Waals surface area contributed by atoms with Crippen LogP contribution in [-0.2, 0) is 11.3 Å². The quantitative estimate of drug-likeness (QED) is 0.800. The Hall–Kier alpha value is -1.83. The molecule has 1 aromatic heterocycles. The monoisotopic (exact) mass is 328 g/mol. The predicted molar refractivity (Wildman–Crippen MR) is 67.0 cm³/mol. The van der Waals surface area contributed by atoms with Gasteiger partial charge in [-0.1, -0.05) is 12.1 Å². The van der Waals surface area contributed by atoms with E-state index in [1.54, 1.807) is 19.1 Å². The molecule has 0 saturated heterocycles. The van der Waals surface area contributed by atoms with E-state index in [9.17, 15) is 9.18 Å². The van der Waals surface area contributed by atoms with Crippen LogP contribution in [-0.4, -0.2) is 32.8 Å². The van der Waals surface area contributed by atoms with Gasteiger partial charge in [0.05, 0.1) is 17.6 Å². The Morgan fingerprint density at radius 1 is 1.53 bits per heavy atom. The molecule has 0 aliphatic heterocycles. The minimum absolute atomic E-state index is 0.0157. The van der Waals surface area contributed by atoms with Crippen molar-refractivity contribution in [2.45, 2.75) is 13.5 Å². The first kappa shape index (κ1) is 13.6. The minimum atomic E-state index is -0.611. The minimum Gasteiger partial charge on any atom is -0.460 e. The van der Waals surface area contributed by atoms with Gasteiger partial charge in [0.15, 0.2) is 0 Å². The van der Waals surface area contributed by atoms with Crippen LogP contribution in [0.1, 0.15) is 23.1 Å². The Labute approximate surface area is 116 Å². The van der Waals surface area contributed by atoms with Gasteiger partial charge in [-0.05, 0) is 44.9 Å². The summed E-state index contributed by atoms with van der Waals surface area (Å²) in [6.45, 7) is 2.09. The average molecular weight is 329 g/mol. The molecule has 0 unspecified atom stereocenters. The van der Waals surface area contributed by atoms with E-state index in [-0.39, 0.29) is 24.8 Å². The van der Waals surface area contributed by atoms with Gasteiger partial charge in [-0.2, -0.15) is 0 Å². The van der Waals surface area contributed by atoms with E-state index >= 15 is 0 Å². The lowest BCUT2D eigenvalue weighted by Crippen LogP contribution is -2.15. The summed E-state index contributed by atoms with van der Waals surface area (Å²) in [5.41, 5.74) is 0.623. The molecule has 2 rings (SSSR count). The summed E-state index contributed by atoms with van der Waals surface area (Å²) in [4.78, 5) is 11.6. The van der Waals surface area contributed by atoms with Crippen molar-refractivity contribution in [3.63, 3.8) is 0 Å². The van der Waals surface area contributed by atoms with Crippen molar-refractivity contribution in [1.29, 1.82) is 0 Å². The molecule has 0 N–H and O–H groups in total. The van der Waals surface area contributed by atoms with Crippen LogP contribution in [0.2, 0.25) is 0 Å². The first-order valence-electron chi connectivity index (χ1n) is 5.49. The summed E-state index contributed by atoms with van der Waals surface area (Å²) in [7, 11) is 0. The summed E-state index contributed by atoms with van der Waals surface area (Å²) in [5.74, 6) is -1.01. The molecule has 19 heavy (non-hydrogen) atoms. The maximum atomic E-state index is 13.4. The second-order valence-electron chi connectivity index (χ2n) is 3.59. The molecule has 0 aliphatic carbocycles. The summed E-state index contributed by atoms with van der Waals surface area (Å²) in [5, 5.41) is 10.7. The molecule has 0 bridgehead atoms. The Balaban J connectivity index is 2.27. The maximum absolute atomic E-state index is 13.4. The fourth-order valence-corrected chi connectivity index (χ4v) is 1.87. The lowest BCUT2D eigenvalue weighted by Gasteiger charge is -2.06. The lowest BCUT2D eigenvalue weighted by atomic mass is 10.2. The molecule has 0 amide bonds. The summed E-state index contributed by atoms with van der Waals surface area (Å²) >= 11 is 3.15. The number of ether oxygens (including phenoxy) is 1. The Morgan fingerprint density at radius 2 is 2.32 bits per heavy atom. The molecule has 1 aromatic carbocycles. The highest BCUT2D eigenvalue weighted by Gasteiger charge is 2.17. The number of halogens is 2. The van der Waals surface area contributed by atoms with Gasteiger partial charge in [0, 0.05) is 0 Å². The molecule has 2 aromatic rings. The molecule has 100 valence electrons. The third kappa shape index (κ3) is 2.95. The second kappa shape index (κ2) is 5.87. The van der Waals surface area contributed by atoms with Crippen LogP contribution in [0.25, 0.3) is 0 Å². The molecule has 0 radical (unpaired) electrons. The molecule has 0 spiro atoms. The molecule has 0 saturated carbocycles. The van der Waals surface area contributed by atoms with Crippen molar-refractivity contribution < 1.29 is 13.9 Å². The van der Waals surface area contributed by atoms with Crippen molar-refractivity contribution in [3.05, 3.63) is 39.9 Å². The zero-order valence-corrected chi connectivity index (χ0v) is 11.6. The zero-order chi connectivity index (χ0) is 13.8. The second-order valence-corrected chi connectivity index (χ2v) is 4.39. The van der Waals surface area contributed by atoms with Crippen LogP contribution in [0.15, 0.2) is 22.7 Å². The fraction of sp³-hybridized carbons (Fsp3) is 0.273. The van der Waals surface area contributed by atoms with Crippen LogP contribution in [0.5, 0.6) is 0 Å². The Kier molecular flexibility index (Phi) is 4.20. The van der Waals surface area contributed by atoms with Crippen molar-refractivity contribution in [1.82, 2.24) is 20.2 Å².